The lowest BCUT2D eigenvalue weighted by atomic mass is 10.2. The van der Waals surface area contributed by atoms with Gasteiger partial charge in [0.2, 0.25) is 18.5 Å². The van der Waals surface area contributed by atoms with Crippen LogP contribution in [0.15, 0.2) is 47.8 Å². The van der Waals surface area contributed by atoms with Gasteiger partial charge in [0.05, 0.1) is 0 Å². The molecule has 4 nitrogen and oxygen atoms in total. The van der Waals surface area contributed by atoms with Gasteiger partial charge >= 0.3 is 0 Å². The predicted molar refractivity (Wildman–Crippen MR) is 58.6 cm³/mol. The maximum Gasteiger partial charge on any atom is 0.222 e. The highest BCUT2D eigenvalue weighted by molar-refractivity contribution is 5.80. The van der Waals surface area contributed by atoms with E-state index >= 15 is 0 Å². The molecule has 0 radical (unpaired) electrons. The summed E-state index contributed by atoms with van der Waals surface area (Å²) in [7, 11) is 0. The molecule has 0 fully saturated rings. The van der Waals surface area contributed by atoms with Gasteiger partial charge in [0, 0.05) is 16.6 Å². The molecule has 0 amide bonds. The highest BCUT2D eigenvalue weighted by Crippen LogP contribution is 2.09. The van der Waals surface area contributed by atoms with Gasteiger partial charge in [0.15, 0.2) is 0 Å². The Morgan fingerprint density at radius 2 is 2.06 bits per heavy atom. The fraction of sp³-hybridized carbons (Fsp3) is 0.167. The zero-order valence-electron chi connectivity index (χ0n) is 8.96. The van der Waals surface area contributed by atoms with Crippen molar-refractivity contribution in [1.82, 2.24) is 0 Å². The van der Waals surface area contributed by atoms with Gasteiger partial charge in [-0.1, -0.05) is 29.8 Å². The number of rotatable bonds is 2. The van der Waals surface area contributed by atoms with Crippen LogP contribution >= 0.6 is 0 Å². The zero-order chi connectivity index (χ0) is 11.4. The van der Waals surface area contributed by atoms with Crippen molar-refractivity contribution < 1.29 is 14.5 Å². The predicted octanol–water partition coefficient (Wildman–Crippen LogP) is 0.643. The maximum absolute atomic E-state index is 11.1. The van der Waals surface area contributed by atoms with Crippen LogP contribution in [-0.4, -0.2) is 12.7 Å². The molecular weight excluding hydrogens is 204 g/mol. The number of aromatic nitrogens is 1. The van der Waals surface area contributed by atoms with E-state index in [4.69, 9.17) is 4.74 Å². The van der Waals surface area contributed by atoms with Crippen LogP contribution < -0.4 is 9.78 Å². The van der Waals surface area contributed by atoms with Crippen molar-refractivity contribution in [3.63, 3.8) is 0 Å². The third kappa shape index (κ3) is 2.28. The highest BCUT2D eigenvalue weighted by atomic mass is 16.6. The van der Waals surface area contributed by atoms with Gasteiger partial charge in [-0.15, -0.1) is 0 Å². The first-order valence-corrected chi connectivity index (χ1v) is 5.08. The van der Waals surface area contributed by atoms with Crippen molar-refractivity contribution in [3.8, 4) is 0 Å². The van der Waals surface area contributed by atoms with Gasteiger partial charge in [-0.05, 0) is 18.1 Å². The summed E-state index contributed by atoms with van der Waals surface area (Å²) in [4.78, 5) is 0. The second kappa shape index (κ2) is 4.61. The molecule has 4 heteroatoms. The quantitative estimate of drug-likeness (QED) is 0.420. The normalized spacial score (nSPS) is 11.7. The van der Waals surface area contributed by atoms with Crippen LogP contribution in [0.1, 0.15) is 6.92 Å². The van der Waals surface area contributed by atoms with Gasteiger partial charge in [-0.2, -0.15) is 0 Å². The summed E-state index contributed by atoms with van der Waals surface area (Å²) in [5.41, 5.74) is 0. The fourth-order valence-electron chi connectivity index (χ4n) is 1.43. The summed E-state index contributed by atoms with van der Waals surface area (Å²) in [6, 6.07) is 9.78. The highest BCUT2D eigenvalue weighted by Gasteiger charge is 2.00. The maximum atomic E-state index is 11.1. The summed E-state index contributed by atoms with van der Waals surface area (Å²) in [5, 5.41) is 17.0. The van der Waals surface area contributed by atoms with Gasteiger partial charge in [0.25, 0.3) is 0 Å². The number of hydrogen-bond acceptors (Lipinski definition) is 3. The van der Waals surface area contributed by atoms with Gasteiger partial charge in [-0.25, -0.2) is 0 Å². The van der Waals surface area contributed by atoms with Gasteiger partial charge in [-0.3, -0.25) is 0 Å². The third-order valence-electron chi connectivity index (χ3n) is 2.14. The molecule has 0 saturated carbocycles. The molecule has 0 N–H and O–H groups in total. The molecule has 0 aliphatic carbocycles. The SMILES string of the molecule is CCO/C([O-])=N/[n+]1ccc2ccccc2c1. The number of nitrogens with zero attached hydrogens (tertiary/aromatic N) is 2. The molecule has 0 aliphatic heterocycles. The molecule has 16 heavy (non-hydrogen) atoms. The van der Waals surface area contributed by atoms with Crippen molar-refractivity contribution in [2.24, 2.45) is 5.10 Å². The average molecular weight is 216 g/mol. The Kier molecular flexibility index (Phi) is 3.00. The number of pyridine rings is 1. The molecule has 0 unspecified atom stereocenters. The Morgan fingerprint density at radius 1 is 1.31 bits per heavy atom. The monoisotopic (exact) mass is 216 g/mol. The van der Waals surface area contributed by atoms with Crippen molar-refractivity contribution in [2.45, 2.75) is 6.92 Å². The first-order valence-electron chi connectivity index (χ1n) is 5.08. The number of ether oxygens (including phenoxy) is 1. The van der Waals surface area contributed by atoms with Crippen molar-refractivity contribution in [2.75, 3.05) is 6.61 Å². The van der Waals surface area contributed by atoms with E-state index in [2.05, 4.69) is 5.10 Å². The van der Waals surface area contributed by atoms with Crippen LogP contribution in [0.3, 0.4) is 0 Å². The zero-order valence-corrected chi connectivity index (χ0v) is 8.96. The molecule has 2 aromatic rings. The molecular formula is C12H12N2O2. The molecule has 1 aromatic heterocycles. The van der Waals surface area contributed by atoms with Crippen LogP contribution in [0, 0.1) is 0 Å². The van der Waals surface area contributed by atoms with Gasteiger partial charge < -0.3 is 9.84 Å². The molecule has 1 aromatic carbocycles. The lowest BCUT2D eigenvalue weighted by Gasteiger charge is -2.06. The smallest absolute Gasteiger partial charge is 0.222 e. The molecule has 82 valence electrons. The molecule has 0 spiro atoms. The van der Waals surface area contributed by atoms with Crippen LogP contribution in [0.4, 0.5) is 0 Å². The Balaban J connectivity index is 2.36. The summed E-state index contributed by atoms with van der Waals surface area (Å²) >= 11 is 0. The summed E-state index contributed by atoms with van der Waals surface area (Å²) in [6.45, 7) is 2.08. The van der Waals surface area contributed by atoms with Crippen molar-refractivity contribution in [1.29, 1.82) is 0 Å². The molecule has 0 aliphatic rings. The number of fused-ring (bicyclic) bond motifs is 1. The Bertz CT molecular complexity index is 523. The first kappa shape index (κ1) is 10.4. The van der Waals surface area contributed by atoms with Crippen LogP contribution in [-0.2, 0) is 4.74 Å². The Hall–Kier alpha value is -2.10. The van der Waals surface area contributed by atoms with E-state index in [1.54, 1.807) is 19.3 Å². The van der Waals surface area contributed by atoms with E-state index in [1.807, 2.05) is 30.3 Å². The van der Waals surface area contributed by atoms with Crippen molar-refractivity contribution in [3.05, 3.63) is 42.7 Å². The molecule has 0 saturated heterocycles. The summed E-state index contributed by atoms with van der Waals surface area (Å²) in [5.74, 6) is 0. The topological polar surface area (TPSA) is 48.5 Å². The fourth-order valence-corrected chi connectivity index (χ4v) is 1.43. The first-order chi connectivity index (χ1) is 7.79. The van der Waals surface area contributed by atoms with Crippen molar-refractivity contribution >= 4 is 16.9 Å². The van der Waals surface area contributed by atoms with E-state index in [-0.39, 0.29) is 0 Å². The minimum atomic E-state index is -0.581. The van der Waals surface area contributed by atoms with E-state index in [9.17, 15) is 5.11 Å². The van der Waals surface area contributed by atoms with Crippen LogP contribution in [0.5, 0.6) is 0 Å². The lowest BCUT2D eigenvalue weighted by Crippen LogP contribution is -2.34. The molecule has 0 bridgehead atoms. The van der Waals surface area contributed by atoms with Crippen LogP contribution in [0.25, 0.3) is 10.8 Å². The summed E-state index contributed by atoms with van der Waals surface area (Å²) in [6.07, 6.45) is 2.92. The Labute approximate surface area is 93.4 Å². The average Bonchev–Trinajstić information content (AvgIpc) is 2.29. The molecule has 2 rings (SSSR count). The van der Waals surface area contributed by atoms with Crippen LogP contribution in [0.2, 0.25) is 0 Å². The molecule has 1 heterocycles. The minimum Gasteiger partial charge on any atom is -0.596 e. The molecule has 0 atom stereocenters. The summed E-state index contributed by atoms with van der Waals surface area (Å²) < 4.78 is 6.19. The third-order valence-corrected chi connectivity index (χ3v) is 2.14. The lowest BCUT2D eigenvalue weighted by molar-refractivity contribution is -0.681. The number of benzene rings is 1. The number of hydrogen-bond donors (Lipinski definition) is 0. The van der Waals surface area contributed by atoms with E-state index in [1.165, 1.54) is 4.68 Å². The largest absolute Gasteiger partial charge is 0.596 e. The van der Waals surface area contributed by atoms with E-state index in [0.717, 1.165) is 10.8 Å². The second-order valence-electron chi connectivity index (χ2n) is 3.25. The van der Waals surface area contributed by atoms with E-state index in [0.29, 0.717) is 6.61 Å². The Morgan fingerprint density at radius 3 is 2.81 bits per heavy atom. The second-order valence-corrected chi connectivity index (χ2v) is 3.25. The van der Waals surface area contributed by atoms with Gasteiger partial charge in [0.1, 0.15) is 0 Å². The van der Waals surface area contributed by atoms with E-state index < -0.39 is 6.08 Å². The standard InChI is InChI=1S/C12H12N2O2/c1-2-16-12(15)13-14-8-7-10-5-3-4-6-11(10)9-14/h3-9H,2H2,1H3. The minimum absolute atomic E-state index is 0.330.